The summed E-state index contributed by atoms with van der Waals surface area (Å²) in [6.45, 7) is 5.90. The number of likely N-dealkylation sites (tertiary alicyclic amines) is 2. The van der Waals surface area contributed by atoms with Crippen LogP contribution < -0.4 is 0 Å². The Morgan fingerprint density at radius 2 is 1.88 bits per heavy atom. The largest absolute Gasteiger partial charge is 0.365 e. The van der Waals surface area contributed by atoms with Gasteiger partial charge in [0, 0.05) is 45.7 Å². The first kappa shape index (κ1) is 17.5. The highest BCUT2D eigenvalue weighted by atomic mass is 16.5. The number of benzene rings is 1. The van der Waals surface area contributed by atoms with Gasteiger partial charge in [-0.3, -0.25) is 14.5 Å². The van der Waals surface area contributed by atoms with Crippen LogP contribution in [0.5, 0.6) is 0 Å². The quantitative estimate of drug-likeness (QED) is 0.813. The number of rotatable bonds is 3. The molecule has 3 aliphatic heterocycles. The molecule has 2 amide bonds. The van der Waals surface area contributed by atoms with Crippen LogP contribution >= 0.6 is 0 Å². The van der Waals surface area contributed by atoms with Crippen molar-refractivity contribution in [2.45, 2.75) is 44.5 Å². The van der Waals surface area contributed by atoms with Crippen molar-refractivity contribution in [2.24, 2.45) is 0 Å². The minimum Gasteiger partial charge on any atom is -0.365 e. The van der Waals surface area contributed by atoms with Crippen molar-refractivity contribution in [1.29, 1.82) is 0 Å². The molecular formula is C20H27N3O3. The first-order chi connectivity index (χ1) is 12.6. The van der Waals surface area contributed by atoms with Crippen LogP contribution in [0.15, 0.2) is 30.3 Å². The molecule has 0 saturated carbocycles. The lowest BCUT2D eigenvalue weighted by atomic mass is 10.0. The number of hydrogen-bond donors (Lipinski definition) is 0. The molecule has 0 bridgehead atoms. The van der Waals surface area contributed by atoms with Gasteiger partial charge in [0.25, 0.3) is 0 Å². The molecule has 3 aliphatic rings. The third kappa shape index (κ3) is 3.48. The van der Waals surface area contributed by atoms with E-state index in [1.54, 1.807) is 6.92 Å². The first-order valence-corrected chi connectivity index (χ1v) is 9.56. The molecule has 1 aromatic carbocycles. The van der Waals surface area contributed by atoms with Gasteiger partial charge in [-0.05, 0) is 18.4 Å². The molecule has 3 heterocycles. The van der Waals surface area contributed by atoms with Gasteiger partial charge < -0.3 is 14.5 Å². The van der Waals surface area contributed by atoms with Gasteiger partial charge in [-0.1, -0.05) is 30.3 Å². The van der Waals surface area contributed by atoms with E-state index in [9.17, 15) is 9.59 Å². The Bertz CT molecular complexity index is 658. The highest BCUT2D eigenvalue weighted by Gasteiger charge is 2.45. The maximum atomic E-state index is 12.5. The van der Waals surface area contributed by atoms with E-state index in [4.69, 9.17) is 4.74 Å². The number of nitrogens with zero attached hydrogens (tertiary/aromatic N) is 3. The molecule has 3 saturated heterocycles. The predicted octanol–water partition coefficient (Wildman–Crippen LogP) is 1.11. The summed E-state index contributed by atoms with van der Waals surface area (Å²) in [4.78, 5) is 30.4. The van der Waals surface area contributed by atoms with Crippen molar-refractivity contribution in [1.82, 2.24) is 14.7 Å². The highest BCUT2D eigenvalue weighted by Crippen LogP contribution is 2.29. The van der Waals surface area contributed by atoms with Gasteiger partial charge in [0.05, 0.1) is 12.1 Å². The Hall–Kier alpha value is -1.92. The molecule has 0 N–H and O–H groups in total. The lowest BCUT2D eigenvalue weighted by Crippen LogP contribution is -2.53. The van der Waals surface area contributed by atoms with Crippen LogP contribution in [-0.2, 0) is 20.9 Å². The number of carbonyl (C=O) groups is 2. The number of carbonyl (C=O) groups excluding carboxylic acids is 2. The zero-order chi connectivity index (χ0) is 18.1. The zero-order valence-corrected chi connectivity index (χ0v) is 15.3. The van der Waals surface area contributed by atoms with Crippen LogP contribution in [0.1, 0.15) is 25.3 Å². The van der Waals surface area contributed by atoms with Crippen molar-refractivity contribution < 1.29 is 14.3 Å². The third-order valence-corrected chi connectivity index (χ3v) is 6.03. The molecule has 0 aliphatic carbocycles. The van der Waals surface area contributed by atoms with Crippen LogP contribution in [0.2, 0.25) is 0 Å². The fraction of sp³-hybridized carbons (Fsp3) is 0.600. The van der Waals surface area contributed by atoms with Crippen LogP contribution in [0.3, 0.4) is 0 Å². The van der Waals surface area contributed by atoms with Gasteiger partial charge >= 0.3 is 0 Å². The summed E-state index contributed by atoms with van der Waals surface area (Å²) < 4.78 is 5.87. The van der Waals surface area contributed by atoms with Gasteiger partial charge in [0.2, 0.25) is 11.8 Å². The molecule has 2 atom stereocenters. The van der Waals surface area contributed by atoms with E-state index in [2.05, 4.69) is 17.0 Å². The van der Waals surface area contributed by atoms with Crippen molar-refractivity contribution in [2.75, 3.05) is 32.8 Å². The summed E-state index contributed by atoms with van der Waals surface area (Å²) in [7, 11) is 0. The predicted molar refractivity (Wildman–Crippen MR) is 97.4 cm³/mol. The van der Waals surface area contributed by atoms with Crippen LogP contribution in [-0.4, -0.2) is 77.5 Å². The Morgan fingerprint density at radius 3 is 2.58 bits per heavy atom. The zero-order valence-electron chi connectivity index (χ0n) is 15.3. The van der Waals surface area contributed by atoms with Gasteiger partial charge in [-0.2, -0.15) is 0 Å². The number of hydrogen-bond acceptors (Lipinski definition) is 4. The second-order valence-corrected chi connectivity index (χ2v) is 7.62. The Morgan fingerprint density at radius 1 is 1.15 bits per heavy atom. The van der Waals surface area contributed by atoms with E-state index in [1.807, 2.05) is 28.0 Å². The number of ether oxygens (including phenoxy) is 1. The van der Waals surface area contributed by atoms with Gasteiger partial charge in [0.15, 0.2) is 0 Å². The highest BCUT2D eigenvalue weighted by molar-refractivity contribution is 5.78. The van der Waals surface area contributed by atoms with E-state index < -0.39 is 0 Å². The first-order valence-electron chi connectivity index (χ1n) is 9.56. The summed E-state index contributed by atoms with van der Waals surface area (Å²) in [5, 5.41) is 0. The van der Waals surface area contributed by atoms with E-state index in [-0.39, 0.29) is 30.6 Å². The maximum Gasteiger partial charge on any atom is 0.249 e. The fourth-order valence-electron chi connectivity index (χ4n) is 4.52. The molecule has 4 rings (SSSR count). The molecule has 140 valence electrons. The Kier molecular flexibility index (Phi) is 4.96. The molecule has 0 aromatic heterocycles. The Balaban J connectivity index is 1.41. The number of morpholine rings is 1. The van der Waals surface area contributed by atoms with Crippen molar-refractivity contribution in [3.8, 4) is 0 Å². The van der Waals surface area contributed by atoms with Gasteiger partial charge in [-0.25, -0.2) is 0 Å². The monoisotopic (exact) mass is 357 g/mol. The summed E-state index contributed by atoms with van der Waals surface area (Å²) in [5.74, 6) is 0.254. The lowest BCUT2D eigenvalue weighted by molar-refractivity contribution is -0.153. The molecule has 26 heavy (non-hydrogen) atoms. The Labute approximate surface area is 154 Å². The summed E-state index contributed by atoms with van der Waals surface area (Å²) in [5.41, 5.74) is 1.16. The van der Waals surface area contributed by atoms with E-state index in [0.29, 0.717) is 12.6 Å². The topological polar surface area (TPSA) is 53.1 Å². The number of piperidine rings is 1. The average molecular weight is 357 g/mol. The SMILES string of the molecule is CC(=O)N1CCC(N2CC3OCC(=O)N(Cc4ccccc4)C3C2)CC1. The van der Waals surface area contributed by atoms with E-state index >= 15 is 0 Å². The van der Waals surface area contributed by atoms with Crippen molar-refractivity contribution in [3.05, 3.63) is 35.9 Å². The maximum absolute atomic E-state index is 12.5. The molecule has 3 fully saturated rings. The standard InChI is InChI=1S/C20H27N3O3/c1-15(24)21-9-7-17(8-10-21)22-12-18-19(13-22)26-14-20(25)23(18)11-16-5-3-2-4-6-16/h2-6,17-19H,7-14H2,1H3. The lowest BCUT2D eigenvalue weighted by Gasteiger charge is -2.37. The smallest absolute Gasteiger partial charge is 0.249 e. The summed E-state index contributed by atoms with van der Waals surface area (Å²) in [6.07, 6.45) is 2.11. The normalized spacial score (nSPS) is 27.7. The van der Waals surface area contributed by atoms with Gasteiger partial charge in [-0.15, -0.1) is 0 Å². The molecule has 2 unspecified atom stereocenters. The molecular weight excluding hydrogens is 330 g/mol. The molecule has 6 nitrogen and oxygen atoms in total. The summed E-state index contributed by atoms with van der Waals surface area (Å²) in [6, 6.07) is 10.8. The van der Waals surface area contributed by atoms with Crippen molar-refractivity contribution in [3.63, 3.8) is 0 Å². The molecule has 6 heteroatoms. The number of amides is 2. The van der Waals surface area contributed by atoms with Gasteiger partial charge in [0.1, 0.15) is 6.61 Å². The van der Waals surface area contributed by atoms with Crippen LogP contribution in [0, 0.1) is 0 Å². The van der Waals surface area contributed by atoms with Crippen LogP contribution in [0.25, 0.3) is 0 Å². The van der Waals surface area contributed by atoms with E-state index in [0.717, 1.165) is 44.6 Å². The second kappa shape index (κ2) is 7.37. The summed E-state index contributed by atoms with van der Waals surface area (Å²) >= 11 is 0. The minimum absolute atomic E-state index is 0.0864. The molecule has 0 spiro atoms. The number of fused-ring (bicyclic) bond motifs is 1. The minimum atomic E-state index is 0.0864. The molecule has 0 radical (unpaired) electrons. The van der Waals surface area contributed by atoms with Crippen molar-refractivity contribution >= 4 is 11.8 Å². The fourth-order valence-corrected chi connectivity index (χ4v) is 4.52. The third-order valence-electron chi connectivity index (χ3n) is 6.03. The average Bonchev–Trinajstić information content (AvgIpc) is 3.10. The van der Waals surface area contributed by atoms with E-state index in [1.165, 1.54) is 0 Å². The second-order valence-electron chi connectivity index (χ2n) is 7.62. The van der Waals surface area contributed by atoms with Crippen LogP contribution in [0.4, 0.5) is 0 Å². The molecule has 1 aromatic rings.